The van der Waals surface area contributed by atoms with Gasteiger partial charge in [-0.3, -0.25) is 4.90 Å². The van der Waals surface area contributed by atoms with Crippen LogP contribution in [0.1, 0.15) is 38.8 Å². The average Bonchev–Trinajstić information content (AvgIpc) is 2.78. The number of nitrogens with zero attached hydrogens (tertiary/aromatic N) is 1. The van der Waals surface area contributed by atoms with E-state index in [4.69, 9.17) is 4.74 Å². The Morgan fingerprint density at radius 2 is 2.09 bits per heavy atom. The van der Waals surface area contributed by atoms with Gasteiger partial charge in [-0.1, -0.05) is 0 Å². The van der Waals surface area contributed by atoms with Gasteiger partial charge in [0.05, 0.1) is 18.7 Å². The van der Waals surface area contributed by atoms with Crippen LogP contribution in [0, 0.1) is 5.82 Å². The maximum atomic E-state index is 13.8. The molecule has 1 aromatic carbocycles. The SMILES string of the molecule is CSc1cc(F)cc(C2C[C@@H](O)CN2C(=O)OC(C)(C)C)c1. The summed E-state index contributed by atoms with van der Waals surface area (Å²) in [6, 6.07) is 4.36. The first-order valence-corrected chi connectivity index (χ1v) is 8.44. The molecule has 122 valence electrons. The zero-order valence-corrected chi connectivity index (χ0v) is 14.1. The van der Waals surface area contributed by atoms with Gasteiger partial charge in [0.25, 0.3) is 0 Å². The van der Waals surface area contributed by atoms with Crippen molar-refractivity contribution in [3.05, 3.63) is 29.6 Å². The molecule has 1 saturated heterocycles. The number of amides is 1. The first-order valence-electron chi connectivity index (χ1n) is 7.22. The lowest BCUT2D eigenvalue weighted by Gasteiger charge is -2.28. The molecule has 4 nitrogen and oxygen atoms in total. The quantitative estimate of drug-likeness (QED) is 0.843. The van der Waals surface area contributed by atoms with Gasteiger partial charge in [0.15, 0.2) is 0 Å². The third kappa shape index (κ3) is 4.14. The molecule has 1 unspecified atom stereocenters. The van der Waals surface area contributed by atoms with Crippen molar-refractivity contribution in [2.24, 2.45) is 0 Å². The molecule has 0 radical (unpaired) electrons. The van der Waals surface area contributed by atoms with Crippen LogP contribution in [0.5, 0.6) is 0 Å². The number of β-amino-alcohol motifs (C(OH)–C–C–N with tert-alkyl or cyclic N) is 1. The smallest absolute Gasteiger partial charge is 0.410 e. The van der Waals surface area contributed by atoms with Crippen molar-refractivity contribution < 1.29 is 19.0 Å². The van der Waals surface area contributed by atoms with Crippen molar-refractivity contribution in [1.29, 1.82) is 0 Å². The third-order valence-corrected chi connectivity index (χ3v) is 4.13. The summed E-state index contributed by atoms with van der Waals surface area (Å²) in [5.74, 6) is -0.340. The summed E-state index contributed by atoms with van der Waals surface area (Å²) in [4.78, 5) is 14.6. The zero-order chi connectivity index (χ0) is 16.5. The topological polar surface area (TPSA) is 49.8 Å². The monoisotopic (exact) mass is 327 g/mol. The van der Waals surface area contributed by atoms with Gasteiger partial charge in [-0.15, -0.1) is 11.8 Å². The maximum Gasteiger partial charge on any atom is 0.410 e. The Labute approximate surface area is 134 Å². The van der Waals surface area contributed by atoms with Crippen molar-refractivity contribution in [3.8, 4) is 0 Å². The van der Waals surface area contributed by atoms with Crippen LogP contribution in [0.3, 0.4) is 0 Å². The number of hydrogen-bond donors (Lipinski definition) is 1. The summed E-state index contributed by atoms with van der Waals surface area (Å²) in [6.07, 6.45) is 1.15. The fourth-order valence-corrected chi connectivity index (χ4v) is 3.03. The molecule has 2 atom stereocenters. The first-order chi connectivity index (χ1) is 10.2. The van der Waals surface area contributed by atoms with Crippen molar-refractivity contribution in [2.45, 2.75) is 49.8 Å². The highest BCUT2D eigenvalue weighted by Gasteiger charge is 2.37. The lowest BCUT2D eigenvalue weighted by Crippen LogP contribution is -2.37. The van der Waals surface area contributed by atoms with E-state index in [1.807, 2.05) is 12.3 Å². The second kappa shape index (κ2) is 6.46. The molecule has 1 amide bonds. The van der Waals surface area contributed by atoms with Crippen LogP contribution in [0.4, 0.5) is 9.18 Å². The van der Waals surface area contributed by atoms with Gasteiger partial charge >= 0.3 is 6.09 Å². The van der Waals surface area contributed by atoms with E-state index in [0.29, 0.717) is 12.0 Å². The van der Waals surface area contributed by atoms with Crippen LogP contribution < -0.4 is 0 Å². The van der Waals surface area contributed by atoms with Gasteiger partial charge < -0.3 is 9.84 Å². The number of likely N-dealkylation sites (tertiary alicyclic amines) is 1. The Morgan fingerprint density at radius 1 is 1.41 bits per heavy atom. The number of hydrogen-bond acceptors (Lipinski definition) is 4. The molecule has 0 bridgehead atoms. The zero-order valence-electron chi connectivity index (χ0n) is 13.3. The number of carbonyl (C=O) groups is 1. The number of ether oxygens (including phenoxy) is 1. The standard InChI is InChI=1S/C16H22FNO3S/c1-16(2,3)21-15(20)18-9-12(19)8-14(18)10-5-11(17)7-13(6-10)22-4/h5-7,12,14,19H,8-9H2,1-4H3/t12-,14?/m1/s1. The van der Waals surface area contributed by atoms with Crippen LogP contribution >= 0.6 is 11.8 Å². The van der Waals surface area contributed by atoms with Crippen molar-refractivity contribution in [1.82, 2.24) is 4.90 Å². The molecule has 0 aliphatic carbocycles. The summed E-state index contributed by atoms with van der Waals surface area (Å²) >= 11 is 1.44. The average molecular weight is 327 g/mol. The molecule has 1 heterocycles. The minimum Gasteiger partial charge on any atom is -0.444 e. The van der Waals surface area contributed by atoms with Gasteiger partial charge in [-0.25, -0.2) is 9.18 Å². The number of benzene rings is 1. The number of aliphatic hydroxyl groups excluding tert-OH is 1. The van der Waals surface area contributed by atoms with Gasteiger partial charge in [-0.2, -0.15) is 0 Å². The summed E-state index contributed by atoms with van der Waals surface area (Å²) in [6.45, 7) is 5.58. The molecule has 6 heteroatoms. The molecule has 2 rings (SSSR count). The summed E-state index contributed by atoms with van der Waals surface area (Å²) in [7, 11) is 0. The molecule has 1 aliphatic heterocycles. The van der Waals surface area contributed by atoms with E-state index in [2.05, 4.69) is 0 Å². The van der Waals surface area contributed by atoms with Crippen molar-refractivity contribution in [3.63, 3.8) is 0 Å². The molecule has 1 aliphatic rings. The molecular formula is C16H22FNO3S. The number of halogens is 1. The largest absolute Gasteiger partial charge is 0.444 e. The predicted octanol–water partition coefficient (Wildman–Crippen LogP) is 3.59. The van der Waals surface area contributed by atoms with E-state index < -0.39 is 17.8 Å². The first kappa shape index (κ1) is 17.1. The molecule has 1 N–H and O–H groups in total. The molecule has 0 saturated carbocycles. The fraction of sp³-hybridized carbons (Fsp3) is 0.562. The van der Waals surface area contributed by atoms with E-state index in [1.165, 1.54) is 28.8 Å². The predicted molar refractivity (Wildman–Crippen MR) is 84.5 cm³/mol. The van der Waals surface area contributed by atoms with Crippen LogP contribution in [0.25, 0.3) is 0 Å². The molecule has 0 spiro atoms. The van der Waals surface area contributed by atoms with Crippen molar-refractivity contribution in [2.75, 3.05) is 12.8 Å². The Kier molecular flexibility index (Phi) is 5.02. The van der Waals surface area contributed by atoms with E-state index in [-0.39, 0.29) is 18.4 Å². The van der Waals surface area contributed by atoms with E-state index >= 15 is 0 Å². The highest BCUT2D eigenvalue weighted by Crippen LogP contribution is 2.35. The lowest BCUT2D eigenvalue weighted by atomic mass is 10.0. The van der Waals surface area contributed by atoms with E-state index in [0.717, 1.165) is 4.90 Å². The Balaban J connectivity index is 2.28. The van der Waals surface area contributed by atoms with Crippen LogP contribution in [-0.4, -0.2) is 40.6 Å². The molecule has 0 aromatic heterocycles. The fourth-order valence-electron chi connectivity index (χ4n) is 2.55. The van der Waals surface area contributed by atoms with E-state index in [9.17, 15) is 14.3 Å². The maximum absolute atomic E-state index is 13.8. The van der Waals surface area contributed by atoms with Gasteiger partial charge in [0.1, 0.15) is 11.4 Å². The summed E-state index contributed by atoms with van der Waals surface area (Å²) < 4.78 is 19.1. The second-order valence-electron chi connectivity index (χ2n) is 6.46. The normalized spacial score (nSPS) is 22.0. The summed E-state index contributed by atoms with van der Waals surface area (Å²) in [5, 5.41) is 9.93. The van der Waals surface area contributed by atoms with Gasteiger partial charge in [0, 0.05) is 4.90 Å². The van der Waals surface area contributed by atoms with Gasteiger partial charge in [-0.05, 0) is 57.2 Å². The van der Waals surface area contributed by atoms with Gasteiger partial charge in [0.2, 0.25) is 0 Å². The third-order valence-electron chi connectivity index (χ3n) is 3.42. The molecule has 22 heavy (non-hydrogen) atoms. The number of carbonyl (C=O) groups excluding carboxylic acids is 1. The molecular weight excluding hydrogens is 305 g/mol. The van der Waals surface area contributed by atoms with Crippen LogP contribution in [0.15, 0.2) is 23.1 Å². The Morgan fingerprint density at radius 3 is 2.68 bits per heavy atom. The Hall–Kier alpha value is -1.27. The second-order valence-corrected chi connectivity index (χ2v) is 7.34. The number of thioether (sulfide) groups is 1. The van der Waals surface area contributed by atoms with Crippen molar-refractivity contribution >= 4 is 17.9 Å². The van der Waals surface area contributed by atoms with E-state index in [1.54, 1.807) is 20.8 Å². The van der Waals surface area contributed by atoms with Crippen LogP contribution in [-0.2, 0) is 4.74 Å². The number of aliphatic hydroxyl groups is 1. The summed E-state index contributed by atoms with van der Waals surface area (Å²) in [5.41, 5.74) is 0.0772. The minimum absolute atomic E-state index is 0.199. The molecule has 1 aromatic rings. The highest BCUT2D eigenvalue weighted by atomic mass is 32.2. The highest BCUT2D eigenvalue weighted by molar-refractivity contribution is 7.98. The molecule has 1 fully saturated rings. The number of rotatable bonds is 2. The van der Waals surface area contributed by atoms with Crippen LogP contribution in [0.2, 0.25) is 0 Å². The Bertz CT molecular complexity index is 559. The lowest BCUT2D eigenvalue weighted by molar-refractivity contribution is 0.0206. The minimum atomic E-state index is -0.626.